The van der Waals surface area contributed by atoms with E-state index in [0.29, 0.717) is 18.9 Å². The third-order valence-corrected chi connectivity index (χ3v) is 6.65. The summed E-state index contributed by atoms with van der Waals surface area (Å²) in [6.07, 6.45) is 2.12. The Morgan fingerprint density at radius 2 is 2.13 bits per heavy atom. The van der Waals surface area contributed by atoms with Crippen molar-refractivity contribution in [1.82, 2.24) is 25.1 Å². The lowest BCUT2D eigenvalue weighted by Gasteiger charge is -2.28. The van der Waals surface area contributed by atoms with Crippen molar-refractivity contribution in [3.63, 3.8) is 0 Å². The fourth-order valence-electron chi connectivity index (χ4n) is 3.91. The molecular formula is C21H26N6O3S. The Balaban J connectivity index is 1.42. The predicted molar refractivity (Wildman–Crippen MR) is 117 cm³/mol. The van der Waals surface area contributed by atoms with Crippen LogP contribution in [0.4, 0.5) is 15.7 Å². The minimum atomic E-state index is -0.421. The van der Waals surface area contributed by atoms with Gasteiger partial charge in [0.25, 0.3) is 0 Å². The number of aromatic nitrogens is 2. The Morgan fingerprint density at radius 3 is 2.87 bits per heavy atom. The molecule has 2 fully saturated rings. The highest BCUT2D eigenvalue weighted by Gasteiger charge is 2.32. The van der Waals surface area contributed by atoms with Gasteiger partial charge >= 0.3 is 6.03 Å². The van der Waals surface area contributed by atoms with E-state index in [4.69, 9.17) is 4.98 Å². The quantitative estimate of drug-likeness (QED) is 0.712. The van der Waals surface area contributed by atoms with Crippen molar-refractivity contribution in [2.75, 3.05) is 25.0 Å². The van der Waals surface area contributed by atoms with Gasteiger partial charge in [0, 0.05) is 37.4 Å². The summed E-state index contributed by atoms with van der Waals surface area (Å²) in [5, 5.41) is 6.69. The summed E-state index contributed by atoms with van der Waals surface area (Å²) in [5.41, 5.74) is 1.82. The number of amides is 4. The highest BCUT2D eigenvalue weighted by Crippen LogP contribution is 2.32. The van der Waals surface area contributed by atoms with Crippen LogP contribution in [0.1, 0.15) is 48.0 Å². The maximum absolute atomic E-state index is 12.9. The molecule has 10 heteroatoms. The molecule has 0 radical (unpaired) electrons. The predicted octanol–water partition coefficient (Wildman–Crippen LogP) is 2.89. The number of rotatable bonds is 6. The second kappa shape index (κ2) is 9.01. The van der Waals surface area contributed by atoms with Crippen molar-refractivity contribution in [2.45, 2.75) is 45.6 Å². The van der Waals surface area contributed by atoms with E-state index in [1.54, 1.807) is 11.3 Å². The summed E-state index contributed by atoms with van der Waals surface area (Å²) in [5.74, 6) is 0.392. The van der Waals surface area contributed by atoms with Crippen LogP contribution in [0.3, 0.4) is 0 Å². The lowest BCUT2D eigenvalue weighted by Crippen LogP contribution is -2.50. The molecule has 2 N–H and O–H groups in total. The van der Waals surface area contributed by atoms with E-state index >= 15 is 0 Å². The molecule has 2 aromatic heterocycles. The number of nitrogens with zero attached hydrogens (tertiary/aromatic N) is 4. The van der Waals surface area contributed by atoms with E-state index in [-0.39, 0.29) is 37.2 Å². The molecule has 0 spiro atoms. The molecule has 4 amide bonds. The summed E-state index contributed by atoms with van der Waals surface area (Å²) in [6.45, 7) is 5.11. The maximum atomic E-state index is 12.9. The van der Waals surface area contributed by atoms with E-state index in [1.807, 2.05) is 36.9 Å². The molecule has 9 nitrogen and oxygen atoms in total. The molecule has 164 valence electrons. The molecule has 2 aliphatic rings. The van der Waals surface area contributed by atoms with Gasteiger partial charge in [0.1, 0.15) is 5.82 Å². The molecule has 4 heterocycles. The molecule has 31 heavy (non-hydrogen) atoms. The van der Waals surface area contributed by atoms with Crippen LogP contribution in [0.2, 0.25) is 0 Å². The third-order valence-electron chi connectivity index (χ3n) is 5.66. The average molecular weight is 443 g/mol. The standard InChI is InChI=1S/C21H26N6O3S/c1-13-14(2)31-20(23-13)25-17-7-3-5-15(24-17)16-6-4-11-26(16)19(29)9-12-27-18(28)8-10-22-21(27)30/h3,5,7,16H,4,6,8-12H2,1-2H3,(H,22,30)(H,23,24,25)/t16-/m1/s1. The number of anilines is 2. The van der Waals surface area contributed by atoms with Gasteiger partial charge in [-0.1, -0.05) is 6.07 Å². The fraction of sp³-hybridized carbons (Fsp3) is 0.476. The number of carbonyl (C=O) groups is 3. The van der Waals surface area contributed by atoms with E-state index in [2.05, 4.69) is 15.6 Å². The van der Waals surface area contributed by atoms with Gasteiger partial charge in [-0.05, 0) is 38.8 Å². The van der Waals surface area contributed by atoms with Crippen LogP contribution in [0, 0.1) is 13.8 Å². The molecule has 0 saturated carbocycles. The molecule has 4 rings (SSSR count). The molecule has 2 saturated heterocycles. The minimum absolute atomic E-state index is 0.0694. The van der Waals surface area contributed by atoms with Crippen LogP contribution in [0.15, 0.2) is 18.2 Å². The number of carbonyl (C=O) groups excluding carboxylic acids is 3. The Hall–Kier alpha value is -3.01. The lowest BCUT2D eigenvalue weighted by atomic mass is 10.1. The molecule has 0 aromatic carbocycles. The van der Waals surface area contributed by atoms with Crippen LogP contribution in [0.5, 0.6) is 0 Å². The highest BCUT2D eigenvalue weighted by molar-refractivity contribution is 7.15. The Kier molecular flexibility index (Phi) is 6.17. The average Bonchev–Trinajstić information content (AvgIpc) is 3.34. The molecule has 0 unspecified atom stereocenters. The number of hydrogen-bond donors (Lipinski definition) is 2. The molecule has 2 aromatic rings. The zero-order valence-corrected chi connectivity index (χ0v) is 18.5. The lowest BCUT2D eigenvalue weighted by molar-refractivity contribution is -0.133. The maximum Gasteiger partial charge on any atom is 0.324 e. The smallest absolute Gasteiger partial charge is 0.324 e. The molecule has 2 aliphatic heterocycles. The molecular weight excluding hydrogens is 416 g/mol. The van der Waals surface area contributed by atoms with Crippen molar-refractivity contribution < 1.29 is 14.4 Å². The number of pyridine rings is 1. The number of imide groups is 1. The topological polar surface area (TPSA) is 108 Å². The molecule has 1 atom stereocenters. The van der Waals surface area contributed by atoms with Gasteiger partial charge in [0.2, 0.25) is 11.8 Å². The van der Waals surface area contributed by atoms with Crippen molar-refractivity contribution in [3.05, 3.63) is 34.5 Å². The van der Waals surface area contributed by atoms with Crippen LogP contribution < -0.4 is 10.6 Å². The molecule has 0 bridgehead atoms. The fourth-order valence-corrected chi connectivity index (χ4v) is 4.73. The highest BCUT2D eigenvalue weighted by atomic mass is 32.1. The summed E-state index contributed by atoms with van der Waals surface area (Å²) < 4.78 is 0. The zero-order valence-electron chi connectivity index (χ0n) is 17.7. The number of likely N-dealkylation sites (tertiary alicyclic amines) is 1. The Morgan fingerprint density at radius 1 is 1.29 bits per heavy atom. The van der Waals surface area contributed by atoms with Gasteiger partial charge in [0.05, 0.1) is 17.4 Å². The van der Waals surface area contributed by atoms with Gasteiger partial charge in [-0.2, -0.15) is 0 Å². The normalized spacial score (nSPS) is 19.0. The zero-order chi connectivity index (χ0) is 22.0. The SMILES string of the molecule is Cc1nc(Nc2cccc([C@H]3CCCN3C(=O)CCN3C(=O)CCNC3=O)n2)sc1C. The second-order valence-electron chi connectivity index (χ2n) is 7.76. The number of thiazole rings is 1. The van der Waals surface area contributed by atoms with E-state index in [0.717, 1.165) is 39.1 Å². The van der Waals surface area contributed by atoms with E-state index < -0.39 is 6.03 Å². The van der Waals surface area contributed by atoms with Crippen LogP contribution >= 0.6 is 11.3 Å². The second-order valence-corrected chi connectivity index (χ2v) is 8.96. The Bertz CT molecular complexity index is 971. The number of urea groups is 1. The number of aryl methyl sites for hydroxylation is 2. The largest absolute Gasteiger partial charge is 0.337 e. The number of hydrogen-bond acceptors (Lipinski definition) is 7. The summed E-state index contributed by atoms with van der Waals surface area (Å²) in [4.78, 5) is 50.1. The third kappa shape index (κ3) is 4.68. The first-order chi connectivity index (χ1) is 14.9. The summed E-state index contributed by atoms with van der Waals surface area (Å²) in [6, 6.07) is 5.21. The van der Waals surface area contributed by atoms with E-state index in [9.17, 15) is 14.4 Å². The van der Waals surface area contributed by atoms with Gasteiger partial charge in [0.15, 0.2) is 5.13 Å². The Labute approximate surface area is 184 Å². The van der Waals surface area contributed by atoms with E-state index in [1.165, 1.54) is 0 Å². The number of nitrogens with one attached hydrogen (secondary N) is 2. The van der Waals surface area contributed by atoms with Gasteiger partial charge in [-0.15, -0.1) is 11.3 Å². The monoisotopic (exact) mass is 442 g/mol. The van der Waals surface area contributed by atoms with Crippen molar-refractivity contribution >= 4 is 40.1 Å². The van der Waals surface area contributed by atoms with Gasteiger partial charge in [-0.3, -0.25) is 14.5 Å². The van der Waals surface area contributed by atoms with Crippen LogP contribution in [-0.2, 0) is 9.59 Å². The minimum Gasteiger partial charge on any atom is -0.337 e. The van der Waals surface area contributed by atoms with Crippen LogP contribution in [-0.4, -0.2) is 57.2 Å². The van der Waals surface area contributed by atoms with Crippen molar-refractivity contribution in [2.24, 2.45) is 0 Å². The summed E-state index contributed by atoms with van der Waals surface area (Å²) >= 11 is 1.58. The van der Waals surface area contributed by atoms with Crippen molar-refractivity contribution in [3.8, 4) is 0 Å². The summed E-state index contributed by atoms with van der Waals surface area (Å²) in [7, 11) is 0. The van der Waals surface area contributed by atoms with Gasteiger partial charge < -0.3 is 15.5 Å². The van der Waals surface area contributed by atoms with Crippen LogP contribution in [0.25, 0.3) is 0 Å². The van der Waals surface area contributed by atoms with Crippen molar-refractivity contribution in [1.29, 1.82) is 0 Å². The first kappa shape index (κ1) is 21.2. The first-order valence-electron chi connectivity index (χ1n) is 10.5. The van der Waals surface area contributed by atoms with Gasteiger partial charge in [-0.25, -0.2) is 14.8 Å². The molecule has 0 aliphatic carbocycles. The first-order valence-corrected chi connectivity index (χ1v) is 11.3.